The van der Waals surface area contributed by atoms with E-state index in [4.69, 9.17) is 9.47 Å². The van der Waals surface area contributed by atoms with E-state index in [1.54, 1.807) is 0 Å². The van der Waals surface area contributed by atoms with Gasteiger partial charge in [0.25, 0.3) is 5.56 Å². The van der Waals surface area contributed by atoms with Gasteiger partial charge in [-0.2, -0.15) is 5.10 Å². The molecule has 0 amide bonds. The van der Waals surface area contributed by atoms with E-state index < -0.39 is 0 Å². The number of rotatable bonds is 3. The second kappa shape index (κ2) is 4.93. The second-order valence-corrected chi connectivity index (χ2v) is 3.58. The molecule has 1 aromatic heterocycles. The van der Waals surface area contributed by atoms with E-state index in [2.05, 4.69) is 10.2 Å². The zero-order valence-electron chi connectivity index (χ0n) is 8.44. The highest BCUT2D eigenvalue weighted by Gasteiger charge is 2.14. The molecule has 1 atom stereocenters. The summed E-state index contributed by atoms with van der Waals surface area (Å²) in [5, 5.41) is 5.94. The van der Waals surface area contributed by atoms with Gasteiger partial charge in [-0.25, -0.2) is 5.10 Å². The Bertz CT molecular complexity index is 358. The maximum atomic E-state index is 10.9. The lowest BCUT2D eigenvalue weighted by molar-refractivity contribution is -0.0111. The van der Waals surface area contributed by atoms with Crippen LogP contribution in [0.1, 0.15) is 19.3 Å². The van der Waals surface area contributed by atoms with Crippen LogP contribution in [-0.4, -0.2) is 29.5 Å². The first-order valence-electron chi connectivity index (χ1n) is 5.14. The van der Waals surface area contributed by atoms with Crippen molar-refractivity contribution in [1.82, 2.24) is 10.2 Å². The average molecular weight is 210 g/mol. The van der Waals surface area contributed by atoms with Crippen LogP contribution in [0.2, 0.25) is 0 Å². The highest BCUT2D eigenvalue weighted by Crippen LogP contribution is 2.14. The first-order chi connectivity index (χ1) is 7.34. The van der Waals surface area contributed by atoms with Crippen LogP contribution < -0.4 is 10.3 Å². The van der Waals surface area contributed by atoms with Crippen molar-refractivity contribution in [3.05, 3.63) is 22.6 Å². The van der Waals surface area contributed by atoms with Gasteiger partial charge in [0.1, 0.15) is 12.4 Å². The minimum absolute atomic E-state index is 0.151. The lowest BCUT2D eigenvalue weighted by Gasteiger charge is -2.22. The molecule has 2 heterocycles. The monoisotopic (exact) mass is 210 g/mol. The van der Waals surface area contributed by atoms with Gasteiger partial charge in [-0.15, -0.1) is 0 Å². The largest absolute Gasteiger partial charge is 0.489 e. The molecule has 15 heavy (non-hydrogen) atoms. The van der Waals surface area contributed by atoms with Crippen molar-refractivity contribution in [2.24, 2.45) is 0 Å². The quantitative estimate of drug-likeness (QED) is 0.798. The summed E-state index contributed by atoms with van der Waals surface area (Å²) < 4.78 is 10.9. The molecule has 1 N–H and O–H groups in total. The SMILES string of the molecule is O=c1cc(OCC2CCCCO2)cn[nH]1. The van der Waals surface area contributed by atoms with Crippen LogP contribution in [0.4, 0.5) is 0 Å². The Kier molecular flexibility index (Phi) is 3.34. The van der Waals surface area contributed by atoms with Crippen molar-refractivity contribution in [1.29, 1.82) is 0 Å². The minimum Gasteiger partial charge on any atom is -0.489 e. The number of nitrogens with zero attached hydrogens (tertiary/aromatic N) is 1. The molecule has 1 unspecified atom stereocenters. The Morgan fingerprint density at radius 1 is 1.60 bits per heavy atom. The van der Waals surface area contributed by atoms with E-state index in [-0.39, 0.29) is 11.7 Å². The second-order valence-electron chi connectivity index (χ2n) is 3.58. The van der Waals surface area contributed by atoms with E-state index >= 15 is 0 Å². The van der Waals surface area contributed by atoms with Crippen LogP contribution in [0.25, 0.3) is 0 Å². The molecule has 82 valence electrons. The van der Waals surface area contributed by atoms with Crippen LogP contribution in [0.15, 0.2) is 17.1 Å². The van der Waals surface area contributed by atoms with Gasteiger partial charge < -0.3 is 9.47 Å². The standard InChI is InChI=1S/C10H14N2O3/c13-10-5-9(6-11-12-10)15-7-8-3-1-2-4-14-8/h5-6,8H,1-4,7H2,(H,12,13). The van der Waals surface area contributed by atoms with Crippen LogP contribution in [0.3, 0.4) is 0 Å². The summed E-state index contributed by atoms with van der Waals surface area (Å²) in [4.78, 5) is 10.9. The van der Waals surface area contributed by atoms with E-state index in [9.17, 15) is 4.79 Å². The molecule has 0 aromatic carbocycles. The number of aromatic nitrogens is 2. The third kappa shape index (κ3) is 3.06. The zero-order chi connectivity index (χ0) is 10.5. The Morgan fingerprint density at radius 3 is 3.27 bits per heavy atom. The molecule has 5 nitrogen and oxygen atoms in total. The summed E-state index contributed by atoms with van der Waals surface area (Å²) in [5.74, 6) is 0.493. The number of nitrogens with one attached hydrogen (secondary N) is 1. The summed E-state index contributed by atoms with van der Waals surface area (Å²) in [5.41, 5.74) is -0.253. The Hall–Kier alpha value is -1.36. The van der Waals surface area contributed by atoms with Gasteiger partial charge in [-0.05, 0) is 19.3 Å². The molecule has 5 heteroatoms. The van der Waals surface area contributed by atoms with Gasteiger partial charge in [0.05, 0.1) is 12.3 Å². The number of hydrogen-bond acceptors (Lipinski definition) is 4. The third-order valence-electron chi connectivity index (χ3n) is 2.35. The van der Waals surface area contributed by atoms with E-state index in [1.807, 2.05) is 0 Å². The maximum Gasteiger partial charge on any atom is 0.267 e. The Balaban J connectivity index is 1.84. The lowest BCUT2D eigenvalue weighted by atomic mass is 10.1. The van der Waals surface area contributed by atoms with Gasteiger partial charge in [0, 0.05) is 12.7 Å². The topological polar surface area (TPSA) is 64.2 Å². The highest BCUT2D eigenvalue weighted by molar-refractivity contribution is 5.12. The van der Waals surface area contributed by atoms with Crippen LogP contribution in [-0.2, 0) is 4.74 Å². The summed E-state index contributed by atoms with van der Waals surface area (Å²) in [6, 6.07) is 1.38. The van der Waals surface area contributed by atoms with Crippen molar-refractivity contribution in [3.63, 3.8) is 0 Å². The molecule has 0 saturated carbocycles. The molecule has 0 aliphatic carbocycles. The van der Waals surface area contributed by atoms with E-state index in [0.717, 1.165) is 19.4 Å². The average Bonchev–Trinajstić information content (AvgIpc) is 2.28. The summed E-state index contributed by atoms with van der Waals surface area (Å²) in [7, 11) is 0. The molecular formula is C10H14N2O3. The fourth-order valence-electron chi connectivity index (χ4n) is 1.57. The molecule has 1 aliphatic heterocycles. The molecule has 1 saturated heterocycles. The highest BCUT2D eigenvalue weighted by atomic mass is 16.5. The van der Waals surface area contributed by atoms with E-state index in [1.165, 1.54) is 18.7 Å². The summed E-state index contributed by atoms with van der Waals surface area (Å²) >= 11 is 0. The predicted molar refractivity (Wildman–Crippen MR) is 53.9 cm³/mol. The molecule has 2 rings (SSSR count). The number of hydrogen-bond donors (Lipinski definition) is 1. The molecular weight excluding hydrogens is 196 g/mol. The van der Waals surface area contributed by atoms with Gasteiger partial charge in [0.15, 0.2) is 0 Å². The number of aromatic amines is 1. The van der Waals surface area contributed by atoms with Gasteiger partial charge in [-0.1, -0.05) is 0 Å². The Morgan fingerprint density at radius 2 is 2.53 bits per heavy atom. The maximum absolute atomic E-state index is 10.9. The predicted octanol–water partition coefficient (Wildman–Crippen LogP) is 0.718. The molecule has 0 bridgehead atoms. The van der Waals surface area contributed by atoms with Crippen molar-refractivity contribution in [2.75, 3.05) is 13.2 Å². The van der Waals surface area contributed by atoms with Gasteiger partial charge >= 0.3 is 0 Å². The zero-order valence-corrected chi connectivity index (χ0v) is 8.44. The Labute approximate surface area is 87.4 Å². The van der Waals surface area contributed by atoms with Crippen molar-refractivity contribution >= 4 is 0 Å². The van der Waals surface area contributed by atoms with Crippen molar-refractivity contribution in [2.45, 2.75) is 25.4 Å². The third-order valence-corrected chi connectivity index (χ3v) is 2.35. The minimum atomic E-state index is -0.253. The fourth-order valence-corrected chi connectivity index (χ4v) is 1.57. The van der Waals surface area contributed by atoms with Gasteiger partial charge in [0.2, 0.25) is 0 Å². The summed E-state index contributed by atoms with van der Waals surface area (Å²) in [6.45, 7) is 1.30. The van der Waals surface area contributed by atoms with Crippen molar-refractivity contribution < 1.29 is 9.47 Å². The van der Waals surface area contributed by atoms with Crippen LogP contribution in [0.5, 0.6) is 5.75 Å². The first kappa shape index (κ1) is 10.2. The molecule has 0 radical (unpaired) electrons. The fraction of sp³-hybridized carbons (Fsp3) is 0.600. The smallest absolute Gasteiger partial charge is 0.267 e. The normalized spacial score (nSPS) is 21.2. The molecule has 1 fully saturated rings. The number of ether oxygens (including phenoxy) is 2. The van der Waals surface area contributed by atoms with E-state index in [0.29, 0.717) is 12.4 Å². The molecule has 1 aliphatic rings. The van der Waals surface area contributed by atoms with Crippen LogP contribution >= 0.6 is 0 Å². The molecule has 0 spiro atoms. The van der Waals surface area contributed by atoms with Crippen LogP contribution in [0, 0.1) is 0 Å². The first-order valence-corrected chi connectivity index (χ1v) is 5.14. The molecule has 1 aromatic rings. The lowest BCUT2D eigenvalue weighted by Crippen LogP contribution is -2.26. The van der Waals surface area contributed by atoms with Gasteiger partial charge in [-0.3, -0.25) is 4.79 Å². The van der Waals surface area contributed by atoms with Crippen molar-refractivity contribution in [3.8, 4) is 5.75 Å². The number of H-pyrrole nitrogens is 1. The summed E-state index contributed by atoms with van der Waals surface area (Å²) in [6.07, 6.45) is 4.98.